The van der Waals surface area contributed by atoms with Crippen molar-refractivity contribution >= 4 is 17.2 Å². The summed E-state index contributed by atoms with van der Waals surface area (Å²) >= 11 is 1.81. The molecule has 2 N–H and O–H groups in total. The highest BCUT2D eigenvalue weighted by molar-refractivity contribution is 7.12. The number of aryl methyl sites for hydroxylation is 2. The average molecular weight is 296 g/mol. The fourth-order valence-electron chi connectivity index (χ4n) is 2.44. The van der Waals surface area contributed by atoms with Crippen LogP contribution in [0.1, 0.15) is 61.9 Å². The van der Waals surface area contributed by atoms with E-state index in [2.05, 4.69) is 51.3 Å². The Kier molecular flexibility index (Phi) is 6.69. The highest BCUT2D eigenvalue weighted by Gasteiger charge is 2.19. The lowest BCUT2D eigenvalue weighted by atomic mass is 10.1. The molecule has 0 aliphatic heterocycles. The van der Waals surface area contributed by atoms with Crippen LogP contribution in [-0.2, 0) is 4.79 Å². The standard InChI is InChI=1S/C16H28N2OS/c1-7-14(8-2)18-16(19)12(5)17-11(4)15-9-10(3)20-13(15)6/h9,11-12,14,17H,7-8H2,1-6H3,(H,18,19). The van der Waals surface area contributed by atoms with Gasteiger partial charge in [0.25, 0.3) is 0 Å². The highest BCUT2D eigenvalue weighted by atomic mass is 32.1. The van der Waals surface area contributed by atoms with Gasteiger partial charge in [0.1, 0.15) is 0 Å². The van der Waals surface area contributed by atoms with Crippen LogP contribution in [0.2, 0.25) is 0 Å². The molecule has 3 nitrogen and oxygen atoms in total. The summed E-state index contributed by atoms with van der Waals surface area (Å²) in [7, 11) is 0. The molecule has 1 aromatic heterocycles. The van der Waals surface area contributed by atoms with Crippen molar-refractivity contribution in [3.05, 3.63) is 21.4 Å². The molecule has 0 bridgehead atoms. The maximum Gasteiger partial charge on any atom is 0.237 e. The molecule has 20 heavy (non-hydrogen) atoms. The Bertz CT molecular complexity index is 438. The van der Waals surface area contributed by atoms with Crippen molar-refractivity contribution < 1.29 is 4.79 Å². The van der Waals surface area contributed by atoms with Crippen LogP contribution in [0.4, 0.5) is 0 Å². The molecule has 1 aromatic rings. The van der Waals surface area contributed by atoms with Crippen LogP contribution in [0.15, 0.2) is 6.07 Å². The second kappa shape index (κ2) is 7.79. The monoisotopic (exact) mass is 296 g/mol. The van der Waals surface area contributed by atoms with Gasteiger partial charge in [-0.25, -0.2) is 0 Å². The molecule has 1 amide bonds. The van der Waals surface area contributed by atoms with Crippen molar-refractivity contribution in [2.45, 2.75) is 72.5 Å². The summed E-state index contributed by atoms with van der Waals surface area (Å²) in [5.41, 5.74) is 1.30. The molecule has 0 fully saturated rings. The number of amides is 1. The summed E-state index contributed by atoms with van der Waals surface area (Å²) in [6.07, 6.45) is 1.96. The van der Waals surface area contributed by atoms with Crippen LogP contribution >= 0.6 is 11.3 Å². The first-order chi connectivity index (χ1) is 9.38. The molecule has 0 aliphatic rings. The minimum Gasteiger partial charge on any atom is -0.352 e. The Morgan fingerprint density at radius 1 is 1.25 bits per heavy atom. The third kappa shape index (κ3) is 4.60. The first-order valence-electron chi connectivity index (χ1n) is 7.52. The molecule has 1 heterocycles. The van der Waals surface area contributed by atoms with E-state index < -0.39 is 0 Å². The van der Waals surface area contributed by atoms with Gasteiger partial charge in [-0.1, -0.05) is 13.8 Å². The van der Waals surface area contributed by atoms with Crippen LogP contribution in [0, 0.1) is 13.8 Å². The Hall–Kier alpha value is -0.870. The normalized spacial score (nSPS) is 14.3. The maximum absolute atomic E-state index is 12.2. The molecular formula is C16H28N2OS. The number of thiophene rings is 1. The number of hydrogen-bond donors (Lipinski definition) is 2. The molecule has 2 atom stereocenters. The minimum absolute atomic E-state index is 0.0927. The van der Waals surface area contributed by atoms with Crippen LogP contribution in [0.25, 0.3) is 0 Å². The van der Waals surface area contributed by atoms with Crippen molar-refractivity contribution in [2.75, 3.05) is 0 Å². The van der Waals surface area contributed by atoms with E-state index in [4.69, 9.17) is 0 Å². The summed E-state index contributed by atoms with van der Waals surface area (Å²) in [6, 6.07) is 2.52. The van der Waals surface area contributed by atoms with E-state index in [0.29, 0.717) is 0 Å². The summed E-state index contributed by atoms with van der Waals surface area (Å²) < 4.78 is 0. The predicted molar refractivity (Wildman–Crippen MR) is 87.3 cm³/mol. The van der Waals surface area contributed by atoms with Crippen LogP contribution < -0.4 is 10.6 Å². The lowest BCUT2D eigenvalue weighted by Gasteiger charge is -2.22. The summed E-state index contributed by atoms with van der Waals surface area (Å²) in [6.45, 7) is 12.5. The van der Waals surface area contributed by atoms with Crippen LogP contribution in [0.5, 0.6) is 0 Å². The predicted octanol–water partition coefficient (Wildman–Crippen LogP) is 3.71. The number of carbonyl (C=O) groups excluding carboxylic acids is 1. The smallest absolute Gasteiger partial charge is 0.237 e. The van der Waals surface area contributed by atoms with Gasteiger partial charge in [0.15, 0.2) is 0 Å². The molecule has 2 unspecified atom stereocenters. The Balaban J connectivity index is 2.59. The van der Waals surface area contributed by atoms with Gasteiger partial charge in [0, 0.05) is 21.8 Å². The zero-order valence-electron chi connectivity index (χ0n) is 13.5. The molecule has 0 radical (unpaired) electrons. The summed E-state index contributed by atoms with van der Waals surface area (Å²) in [5.74, 6) is 0.0927. The number of carbonyl (C=O) groups is 1. The highest BCUT2D eigenvalue weighted by Crippen LogP contribution is 2.26. The SMILES string of the molecule is CCC(CC)NC(=O)C(C)NC(C)c1cc(C)sc1C. The Morgan fingerprint density at radius 3 is 2.30 bits per heavy atom. The van der Waals surface area contributed by atoms with Gasteiger partial charge >= 0.3 is 0 Å². The zero-order chi connectivity index (χ0) is 15.3. The Morgan fingerprint density at radius 2 is 1.85 bits per heavy atom. The van der Waals surface area contributed by atoms with Crippen molar-refractivity contribution in [1.82, 2.24) is 10.6 Å². The van der Waals surface area contributed by atoms with E-state index >= 15 is 0 Å². The molecule has 0 saturated carbocycles. The van der Waals surface area contributed by atoms with Crippen LogP contribution in [0.3, 0.4) is 0 Å². The number of nitrogens with one attached hydrogen (secondary N) is 2. The molecule has 114 valence electrons. The van der Waals surface area contributed by atoms with Gasteiger partial charge in [0.2, 0.25) is 5.91 Å². The van der Waals surface area contributed by atoms with E-state index in [1.165, 1.54) is 15.3 Å². The molecule has 4 heteroatoms. The minimum atomic E-state index is -0.176. The van der Waals surface area contributed by atoms with Crippen molar-refractivity contribution in [2.24, 2.45) is 0 Å². The first-order valence-corrected chi connectivity index (χ1v) is 8.34. The summed E-state index contributed by atoms with van der Waals surface area (Å²) in [4.78, 5) is 14.8. The average Bonchev–Trinajstić information content (AvgIpc) is 2.74. The van der Waals surface area contributed by atoms with E-state index in [-0.39, 0.29) is 24.0 Å². The Labute approximate surface area is 127 Å². The third-order valence-corrected chi connectivity index (χ3v) is 4.75. The van der Waals surface area contributed by atoms with Crippen molar-refractivity contribution in [3.63, 3.8) is 0 Å². The topological polar surface area (TPSA) is 41.1 Å². The number of hydrogen-bond acceptors (Lipinski definition) is 3. The van der Waals surface area contributed by atoms with Gasteiger partial charge in [-0.05, 0) is 52.2 Å². The zero-order valence-corrected chi connectivity index (χ0v) is 14.4. The van der Waals surface area contributed by atoms with Gasteiger partial charge in [-0.3, -0.25) is 10.1 Å². The van der Waals surface area contributed by atoms with Gasteiger partial charge in [-0.15, -0.1) is 11.3 Å². The first kappa shape index (κ1) is 17.2. The third-order valence-electron chi connectivity index (χ3n) is 3.77. The largest absolute Gasteiger partial charge is 0.352 e. The maximum atomic E-state index is 12.2. The fourth-order valence-corrected chi connectivity index (χ4v) is 3.46. The second-order valence-corrected chi connectivity index (χ2v) is 6.96. The van der Waals surface area contributed by atoms with E-state index in [0.717, 1.165) is 12.8 Å². The van der Waals surface area contributed by atoms with Crippen molar-refractivity contribution in [3.8, 4) is 0 Å². The molecule has 0 aliphatic carbocycles. The second-order valence-electron chi connectivity index (χ2n) is 5.50. The van der Waals surface area contributed by atoms with Crippen LogP contribution in [-0.4, -0.2) is 18.0 Å². The fraction of sp³-hybridized carbons (Fsp3) is 0.688. The lowest BCUT2D eigenvalue weighted by molar-refractivity contribution is -0.123. The molecule has 1 rings (SSSR count). The van der Waals surface area contributed by atoms with E-state index in [9.17, 15) is 4.79 Å². The molecular weight excluding hydrogens is 268 g/mol. The lowest BCUT2D eigenvalue weighted by Crippen LogP contribution is -2.46. The van der Waals surface area contributed by atoms with E-state index in [1.54, 1.807) is 0 Å². The molecule has 0 aromatic carbocycles. The van der Waals surface area contributed by atoms with Gasteiger partial charge < -0.3 is 5.32 Å². The summed E-state index contributed by atoms with van der Waals surface area (Å²) in [5, 5.41) is 6.49. The quantitative estimate of drug-likeness (QED) is 0.805. The van der Waals surface area contributed by atoms with Gasteiger partial charge in [0.05, 0.1) is 6.04 Å². The molecule has 0 spiro atoms. The van der Waals surface area contributed by atoms with Crippen molar-refractivity contribution in [1.29, 1.82) is 0 Å². The molecule has 0 saturated heterocycles. The van der Waals surface area contributed by atoms with E-state index in [1.807, 2.05) is 18.3 Å². The number of rotatable bonds is 7. The van der Waals surface area contributed by atoms with Gasteiger partial charge in [-0.2, -0.15) is 0 Å².